The molecule has 3 atom stereocenters. The second-order valence-corrected chi connectivity index (χ2v) is 9.76. The Bertz CT molecular complexity index is 753. The van der Waals surface area contributed by atoms with Crippen LogP contribution < -0.4 is 10.6 Å². The molecular weight excluding hydrogens is 424 g/mol. The summed E-state index contributed by atoms with van der Waals surface area (Å²) in [4.78, 5) is 29.9. The van der Waals surface area contributed by atoms with Gasteiger partial charge in [0.1, 0.15) is 0 Å². The van der Waals surface area contributed by atoms with E-state index in [2.05, 4.69) is 40.3 Å². The molecule has 2 aliphatic rings. The van der Waals surface area contributed by atoms with E-state index in [1.165, 1.54) is 12.8 Å². The first kappa shape index (κ1) is 25.0. The first-order valence-corrected chi connectivity index (χ1v) is 12.6. The highest BCUT2D eigenvalue weighted by molar-refractivity contribution is 6.31. The van der Waals surface area contributed by atoms with Crippen LogP contribution in [-0.4, -0.2) is 66.9 Å². The van der Waals surface area contributed by atoms with Crippen LogP contribution in [0.25, 0.3) is 0 Å². The van der Waals surface area contributed by atoms with Crippen LogP contribution in [0.5, 0.6) is 0 Å². The predicted molar refractivity (Wildman–Crippen MR) is 130 cm³/mol. The zero-order chi connectivity index (χ0) is 22.9. The minimum Gasteiger partial charge on any atom is -0.353 e. The molecule has 32 heavy (non-hydrogen) atoms. The Morgan fingerprint density at radius 2 is 1.91 bits per heavy atom. The van der Waals surface area contributed by atoms with Crippen LogP contribution in [0.2, 0.25) is 5.02 Å². The van der Waals surface area contributed by atoms with Crippen molar-refractivity contribution >= 4 is 23.4 Å². The quantitative estimate of drug-likeness (QED) is 0.557. The number of nitrogens with one attached hydrogen (secondary N) is 2. The number of hydrogen-bond donors (Lipinski definition) is 2. The van der Waals surface area contributed by atoms with Gasteiger partial charge in [0.05, 0.1) is 18.5 Å². The van der Waals surface area contributed by atoms with Crippen LogP contribution in [0.1, 0.15) is 64.0 Å². The third-order valence-electron chi connectivity index (χ3n) is 6.69. The van der Waals surface area contributed by atoms with Crippen molar-refractivity contribution in [3.05, 3.63) is 34.9 Å². The summed E-state index contributed by atoms with van der Waals surface area (Å²) < 4.78 is 0. The van der Waals surface area contributed by atoms with Crippen LogP contribution in [0.4, 0.5) is 0 Å². The number of amides is 2. The average molecular weight is 463 g/mol. The summed E-state index contributed by atoms with van der Waals surface area (Å²) in [7, 11) is 0. The van der Waals surface area contributed by atoms with Crippen molar-refractivity contribution in [2.24, 2.45) is 5.92 Å². The molecule has 0 radical (unpaired) electrons. The molecule has 0 saturated carbocycles. The molecule has 2 N–H and O–H groups in total. The zero-order valence-corrected chi connectivity index (χ0v) is 20.4. The lowest BCUT2D eigenvalue weighted by Crippen LogP contribution is -2.48. The summed E-state index contributed by atoms with van der Waals surface area (Å²) >= 11 is 6.48. The maximum Gasteiger partial charge on any atom is 0.234 e. The number of hydrogen-bond acceptors (Lipinski definition) is 4. The molecule has 0 spiro atoms. The Labute approximate surface area is 198 Å². The number of likely N-dealkylation sites (tertiary alicyclic amines) is 2. The topological polar surface area (TPSA) is 64.7 Å². The van der Waals surface area contributed by atoms with Crippen molar-refractivity contribution in [2.45, 2.75) is 64.5 Å². The molecule has 2 amide bonds. The fourth-order valence-electron chi connectivity index (χ4n) is 4.98. The van der Waals surface area contributed by atoms with Crippen molar-refractivity contribution in [3.63, 3.8) is 0 Å². The molecule has 6 nitrogen and oxygen atoms in total. The van der Waals surface area contributed by atoms with Crippen LogP contribution in [0.15, 0.2) is 24.3 Å². The molecule has 2 saturated heterocycles. The lowest BCUT2D eigenvalue weighted by Gasteiger charge is -2.33. The van der Waals surface area contributed by atoms with Gasteiger partial charge in [-0.1, -0.05) is 43.1 Å². The Hall–Kier alpha value is -1.63. The molecule has 3 rings (SSSR count). The van der Waals surface area contributed by atoms with Gasteiger partial charge in [-0.15, -0.1) is 0 Å². The Morgan fingerprint density at radius 3 is 2.62 bits per heavy atom. The molecule has 7 heteroatoms. The van der Waals surface area contributed by atoms with Gasteiger partial charge in [-0.25, -0.2) is 0 Å². The van der Waals surface area contributed by atoms with Crippen molar-refractivity contribution in [1.29, 1.82) is 0 Å². The first-order chi connectivity index (χ1) is 15.5. The van der Waals surface area contributed by atoms with Gasteiger partial charge in [-0.05, 0) is 70.3 Å². The highest BCUT2D eigenvalue weighted by Gasteiger charge is 2.29. The van der Waals surface area contributed by atoms with Gasteiger partial charge in [0.2, 0.25) is 11.8 Å². The summed E-state index contributed by atoms with van der Waals surface area (Å²) in [5, 5.41) is 7.03. The van der Waals surface area contributed by atoms with Crippen molar-refractivity contribution in [1.82, 2.24) is 20.4 Å². The van der Waals surface area contributed by atoms with Crippen LogP contribution in [-0.2, 0) is 9.59 Å². The molecule has 0 aromatic heterocycles. The van der Waals surface area contributed by atoms with E-state index >= 15 is 0 Å². The molecule has 178 valence electrons. The van der Waals surface area contributed by atoms with E-state index < -0.39 is 0 Å². The van der Waals surface area contributed by atoms with E-state index in [1.54, 1.807) is 0 Å². The van der Waals surface area contributed by atoms with Gasteiger partial charge in [0.15, 0.2) is 0 Å². The molecule has 3 unspecified atom stereocenters. The summed E-state index contributed by atoms with van der Waals surface area (Å²) in [5.41, 5.74) is 1.08. The van der Waals surface area contributed by atoms with Gasteiger partial charge >= 0.3 is 0 Å². The molecule has 0 bridgehead atoms. The Morgan fingerprint density at radius 1 is 1.16 bits per heavy atom. The van der Waals surface area contributed by atoms with E-state index in [9.17, 15) is 9.59 Å². The number of halogens is 1. The summed E-state index contributed by atoms with van der Waals surface area (Å²) in [5.74, 6) is 0.113. The standard InChI is InChI=1S/C25H39ClN4O2/c1-3-9-19(2)28-25(32)20-10-8-13-29(17-20)18-24(31)27-16-23(30-14-6-7-15-30)21-11-4-5-12-22(21)26/h4-5,11-12,19-20,23H,3,6-10,13-18H2,1-2H3,(H,27,31)(H,28,32). The number of carbonyl (C=O) groups is 2. The second-order valence-electron chi connectivity index (χ2n) is 9.36. The summed E-state index contributed by atoms with van der Waals surface area (Å²) in [6.45, 7) is 8.66. The van der Waals surface area contributed by atoms with Crippen molar-refractivity contribution in [3.8, 4) is 0 Å². The second kappa shape index (κ2) is 12.6. The SMILES string of the molecule is CCCC(C)NC(=O)C1CCCN(CC(=O)NCC(c2ccccc2Cl)N2CCCC2)C1. The lowest BCUT2D eigenvalue weighted by atomic mass is 9.96. The maximum atomic E-state index is 12.8. The number of benzene rings is 1. The van der Waals surface area contributed by atoms with Crippen molar-refractivity contribution < 1.29 is 9.59 Å². The Balaban J connectivity index is 1.51. The number of nitrogens with zero attached hydrogens (tertiary/aromatic N) is 2. The molecule has 2 fully saturated rings. The monoisotopic (exact) mass is 462 g/mol. The largest absolute Gasteiger partial charge is 0.353 e. The van der Waals surface area contributed by atoms with Crippen LogP contribution in [0, 0.1) is 5.92 Å². The van der Waals surface area contributed by atoms with Gasteiger partial charge in [-0.2, -0.15) is 0 Å². The van der Waals surface area contributed by atoms with E-state index in [1.807, 2.05) is 18.2 Å². The first-order valence-electron chi connectivity index (χ1n) is 12.3. The highest BCUT2D eigenvalue weighted by Crippen LogP contribution is 2.29. The highest BCUT2D eigenvalue weighted by atomic mass is 35.5. The number of rotatable bonds is 10. The lowest BCUT2D eigenvalue weighted by molar-refractivity contribution is -0.129. The van der Waals surface area contributed by atoms with E-state index in [-0.39, 0.29) is 29.8 Å². The summed E-state index contributed by atoms with van der Waals surface area (Å²) in [6, 6.07) is 8.23. The fraction of sp³-hybridized carbons (Fsp3) is 0.680. The van der Waals surface area contributed by atoms with Crippen LogP contribution >= 0.6 is 11.6 Å². The normalized spacial score (nSPS) is 21.8. The third-order valence-corrected chi connectivity index (χ3v) is 7.04. The molecule has 2 aliphatic heterocycles. The Kier molecular flexibility index (Phi) is 9.82. The van der Waals surface area contributed by atoms with Gasteiger partial charge in [0.25, 0.3) is 0 Å². The van der Waals surface area contributed by atoms with Crippen molar-refractivity contribution in [2.75, 3.05) is 39.3 Å². The molecule has 2 heterocycles. The third kappa shape index (κ3) is 7.19. The van der Waals surface area contributed by atoms with E-state index in [4.69, 9.17) is 11.6 Å². The average Bonchev–Trinajstić information content (AvgIpc) is 3.30. The molecular formula is C25H39ClN4O2. The smallest absolute Gasteiger partial charge is 0.234 e. The number of piperidine rings is 1. The van der Waals surface area contributed by atoms with Gasteiger partial charge in [-0.3, -0.25) is 19.4 Å². The van der Waals surface area contributed by atoms with Gasteiger partial charge < -0.3 is 10.6 Å². The molecule has 1 aromatic rings. The molecule has 0 aliphatic carbocycles. The maximum absolute atomic E-state index is 12.8. The number of carbonyl (C=O) groups excluding carboxylic acids is 2. The zero-order valence-electron chi connectivity index (χ0n) is 19.6. The molecule has 1 aromatic carbocycles. The fourth-order valence-corrected chi connectivity index (χ4v) is 5.24. The van der Waals surface area contributed by atoms with E-state index in [0.717, 1.165) is 55.9 Å². The van der Waals surface area contributed by atoms with E-state index in [0.29, 0.717) is 19.6 Å². The minimum atomic E-state index is -0.0312. The summed E-state index contributed by atoms with van der Waals surface area (Å²) in [6.07, 6.45) is 6.26. The van der Waals surface area contributed by atoms with Crippen LogP contribution in [0.3, 0.4) is 0 Å². The minimum absolute atomic E-state index is 0.0154. The predicted octanol–water partition coefficient (Wildman–Crippen LogP) is 3.61. The van der Waals surface area contributed by atoms with Gasteiger partial charge in [0, 0.05) is 24.2 Å².